The number of nitrogens with zero attached hydrogens (tertiary/aromatic N) is 2. The van der Waals surface area contributed by atoms with Gasteiger partial charge in [-0.05, 0) is 48.8 Å². The fourth-order valence-corrected chi connectivity index (χ4v) is 6.93. The van der Waals surface area contributed by atoms with E-state index >= 15 is 0 Å². The molecule has 0 aliphatic carbocycles. The summed E-state index contributed by atoms with van der Waals surface area (Å²) < 4.78 is 72.3. The van der Waals surface area contributed by atoms with Crippen LogP contribution in [0.2, 0.25) is 0 Å². The van der Waals surface area contributed by atoms with Gasteiger partial charge in [0.25, 0.3) is 0 Å². The molecule has 4 atom stereocenters. The number of piperidine rings is 1. The van der Waals surface area contributed by atoms with Crippen molar-refractivity contribution in [3.63, 3.8) is 0 Å². The highest BCUT2D eigenvalue weighted by atomic mass is 32.2. The van der Waals surface area contributed by atoms with Crippen molar-refractivity contribution in [1.29, 1.82) is 0 Å². The van der Waals surface area contributed by atoms with E-state index in [0.29, 0.717) is 44.5 Å². The summed E-state index contributed by atoms with van der Waals surface area (Å²) in [5.74, 6) is 0.221. The maximum atomic E-state index is 13.2. The van der Waals surface area contributed by atoms with Crippen LogP contribution in [0.5, 0.6) is 0 Å². The topological polar surface area (TPSA) is 66.9 Å². The number of morpholine rings is 1. The smallest absolute Gasteiger partial charge is 0.374 e. The number of hydrogen-bond acceptors (Lipinski definition) is 4. The van der Waals surface area contributed by atoms with Crippen molar-refractivity contribution in [3.8, 4) is 0 Å². The Bertz CT molecular complexity index is 965. The molecule has 3 fully saturated rings. The fraction of sp³-hybridized carbons (Fsp3) is 0.696. The molecule has 184 valence electrons. The quantitative estimate of drug-likeness (QED) is 0.638. The summed E-state index contributed by atoms with van der Waals surface area (Å²) in [5.41, 5.74) is -0.201. The van der Waals surface area contributed by atoms with E-state index in [0.717, 1.165) is 12.1 Å². The van der Waals surface area contributed by atoms with Gasteiger partial charge in [-0.2, -0.15) is 13.2 Å². The van der Waals surface area contributed by atoms with Gasteiger partial charge < -0.3 is 9.64 Å². The number of benzene rings is 1. The number of ether oxygens (including phenoxy) is 1. The van der Waals surface area contributed by atoms with Crippen molar-refractivity contribution in [1.82, 2.24) is 9.21 Å². The van der Waals surface area contributed by atoms with E-state index < -0.39 is 21.8 Å². The SMILES string of the molecule is CC(C)[C@H]1COC2CCN(S(=O)(=O)CCc3ccc(C(F)(F)F)cc3)C[C@H]3CCC(=O)N1C23. The lowest BCUT2D eigenvalue weighted by Gasteiger charge is -2.52. The van der Waals surface area contributed by atoms with Crippen LogP contribution in [0, 0.1) is 11.8 Å². The van der Waals surface area contributed by atoms with Crippen LogP contribution in [0.1, 0.15) is 44.2 Å². The summed E-state index contributed by atoms with van der Waals surface area (Å²) in [5, 5.41) is 0. The minimum atomic E-state index is -4.42. The van der Waals surface area contributed by atoms with Gasteiger partial charge in [-0.3, -0.25) is 4.79 Å². The summed E-state index contributed by atoms with van der Waals surface area (Å²) in [7, 11) is -3.61. The molecular formula is C23H31F3N2O4S. The number of carbonyl (C=O) groups is 1. The van der Waals surface area contributed by atoms with E-state index in [9.17, 15) is 26.4 Å². The van der Waals surface area contributed by atoms with Crippen molar-refractivity contribution in [3.05, 3.63) is 35.4 Å². The molecule has 1 aromatic carbocycles. The summed E-state index contributed by atoms with van der Waals surface area (Å²) in [6.07, 6.45) is -2.88. The molecule has 1 amide bonds. The molecule has 33 heavy (non-hydrogen) atoms. The Morgan fingerprint density at radius 1 is 1.15 bits per heavy atom. The third kappa shape index (κ3) is 5.07. The number of rotatable bonds is 5. The first-order valence-electron chi connectivity index (χ1n) is 11.5. The third-order valence-electron chi connectivity index (χ3n) is 7.23. The van der Waals surface area contributed by atoms with Crippen LogP contribution < -0.4 is 0 Å². The van der Waals surface area contributed by atoms with E-state index in [2.05, 4.69) is 13.8 Å². The van der Waals surface area contributed by atoms with Crippen LogP contribution in [0.15, 0.2) is 24.3 Å². The number of aryl methyl sites for hydroxylation is 1. The van der Waals surface area contributed by atoms with Gasteiger partial charge in [0.05, 0.1) is 36.1 Å². The van der Waals surface area contributed by atoms with Gasteiger partial charge in [-0.15, -0.1) is 0 Å². The highest BCUT2D eigenvalue weighted by Crippen LogP contribution is 2.39. The van der Waals surface area contributed by atoms with Crippen LogP contribution in [-0.4, -0.2) is 67.2 Å². The number of sulfonamides is 1. The Morgan fingerprint density at radius 3 is 2.48 bits per heavy atom. The monoisotopic (exact) mass is 488 g/mol. The molecule has 3 aliphatic rings. The minimum absolute atomic E-state index is 0.00405. The van der Waals surface area contributed by atoms with E-state index in [1.165, 1.54) is 16.4 Å². The summed E-state index contributed by atoms with van der Waals surface area (Å²) >= 11 is 0. The first kappa shape index (κ1) is 24.5. The van der Waals surface area contributed by atoms with Crippen LogP contribution in [0.4, 0.5) is 13.2 Å². The first-order valence-corrected chi connectivity index (χ1v) is 13.1. The third-order valence-corrected chi connectivity index (χ3v) is 9.07. The molecule has 10 heteroatoms. The molecule has 3 aliphatic heterocycles. The molecule has 0 saturated carbocycles. The number of amides is 1. The lowest BCUT2D eigenvalue weighted by Crippen LogP contribution is -2.65. The maximum absolute atomic E-state index is 13.2. The molecule has 0 radical (unpaired) electrons. The largest absolute Gasteiger partial charge is 0.416 e. The van der Waals surface area contributed by atoms with Crippen molar-refractivity contribution < 1.29 is 31.1 Å². The van der Waals surface area contributed by atoms with Crippen molar-refractivity contribution in [2.75, 3.05) is 25.4 Å². The fourth-order valence-electron chi connectivity index (χ4n) is 5.37. The number of alkyl halides is 3. The normalized spacial score (nSPS) is 29.2. The molecule has 1 aromatic rings. The zero-order chi connectivity index (χ0) is 24.0. The lowest BCUT2D eigenvalue weighted by molar-refractivity contribution is -0.172. The Labute approximate surface area is 193 Å². The van der Waals surface area contributed by atoms with E-state index in [1.807, 2.05) is 4.90 Å². The van der Waals surface area contributed by atoms with Gasteiger partial charge in [-0.25, -0.2) is 12.7 Å². The highest BCUT2D eigenvalue weighted by molar-refractivity contribution is 7.89. The van der Waals surface area contributed by atoms with Gasteiger partial charge in [-0.1, -0.05) is 26.0 Å². The van der Waals surface area contributed by atoms with Gasteiger partial charge in [0.2, 0.25) is 15.9 Å². The molecule has 0 bridgehead atoms. The summed E-state index contributed by atoms with van der Waals surface area (Å²) in [4.78, 5) is 14.8. The van der Waals surface area contributed by atoms with Crippen molar-refractivity contribution >= 4 is 15.9 Å². The average Bonchev–Trinajstić information content (AvgIpc) is 2.95. The zero-order valence-corrected chi connectivity index (χ0v) is 19.7. The van der Waals surface area contributed by atoms with Crippen molar-refractivity contribution in [2.24, 2.45) is 11.8 Å². The highest BCUT2D eigenvalue weighted by Gasteiger charge is 2.50. The molecule has 3 saturated heterocycles. The zero-order valence-electron chi connectivity index (χ0n) is 18.9. The molecule has 0 N–H and O–H groups in total. The maximum Gasteiger partial charge on any atom is 0.416 e. The van der Waals surface area contributed by atoms with Crippen LogP contribution in [0.3, 0.4) is 0 Å². The molecule has 3 heterocycles. The van der Waals surface area contributed by atoms with Gasteiger partial charge in [0.1, 0.15) is 0 Å². The molecule has 6 nitrogen and oxygen atoms in total. The first-order chi connectivity index (χ1) is 15.5. The Kier molecular flexibility index (Phi) is 6.81. The molecule has 4 rings (SSSR count). The standard InChI is InChI=1S/C23H31F3N2O4S/c1-15(2)19-14-32-20-9-11-27(13-17-5-8-21(29)28(19)22(17)20)33(30,31)12-10-16-3-6-18(7-4-16)23(24,25)26/h3-4,6-7,15,17,19-20,22H,5,8-14H2,1-2H3/t17-,19-,20?,22?/m1/s1. The second-order valence-electron chi connectivity index (χ2n) is 9.68. The van der Waals surface area contributed by atoms with Crippen LogP contribution in [-0.2, 0) is 32.2 Å². The summed E-state index contributed by atoms with van der Waals surface area (Å²) in [6.45, 7) is 5.27. The number of carbonyl (C=O) groups excluding carboxylic acids is 1. The average molecular weight is 489 g/mol. The second-order valence-corrected chi connectivity index (χ2v) is 11.8. The molecule has 0 spiro atoms. The second kappa shape index (κ2) is 9.19. The number of halogens is 3. The summed E-state index contributed by atoms with van der Waals surface area (Å²) in [6, 6.07) is 4.52. The Hall–Kier alpha value is -1.65. The Morgan fingerprint density at radius 2 is 1.85 bits per heavy atom. The van der Waals surface area contributed by atoms with E-state index in [1.54, 1.807) is 0 Å². The van der Waals surface area contributed by atoms with Crippen molar-refractivity contribution in [2.45, 2.75) is 63.9 Å². The lowest BCUT2D eigenvalue weighted by atomic mass is 9.81. The van der Waals surface area contributed by atoms with Crippen LogP contribution >= 0.6 is 0 Å². The van der Waals surface area contributed by atoms with Crippen LogP contribution in [0.25, 0.3) is 0 Å². The molecule has 0 aromatic heterocycles. The molecule has 2 unspecified atom stereocenters. The minimum Gasteiger partial charge on any atom is -0.374 e. The van der Waals surface area contributed by atoms with E-state index in [4.69, 9.17) is 4.74 Å². The predicted octanol–water partition coefficient (Wildman–Crippen LogP) is 3.31. The number of hydrogen-bond donors (Lipinski definition) is 0. The van der Waals surface area contributed by atoms with Gasteiger partial charge in [0.15, 0.2) is 0 Å². The van der Waals surface area contributed by atoms with Gasteiger partial charge >= 0.3 is 6.18 Å². The molecular weight excluding hydrogens is 457 g/mol. The van der Waals surface area contributed by atoms with Gasteiger partial charge in [0, 0.05) is 19.5 Å². The predicted molar refractivity (Wildman–Crippen MR) is 117 cm³/mol. The Balaban J connectivity index is 1.46. The van der Waals surface area contributed by atoms with E-state index in [-0.39, 0.29) is 48.1 Å².